The normalized spacial score (nSPS) is 10.4. The van der Waals surface area contributed by atoms with Crippen molar-refractivity contribution in [1.82, 2.24) is 9.97 Å². The zero-order valence-corrected chi connectivity index (χ0v) is 24.2. The summed E-state index contributed by atoms with van der Waals surface area (Å²) in [6.45, 7) is 0. The fraction of sp³-hybridized carbons (Fsp3) is 0. The Morgan fingerprint density at radius 2 is 0.778 bits per heavy atom. The van der Waals surface area contributed by atoms with Gasteiger partial charge in [0.25, 0.3) is 0 Å². The molecule has 0 saturated carbocycles. The third kappa shape index (κ3) is 7.09. The Bertz CT molecular complexity index is 1340. The van der Waals surface area contributed by atoms with Crippen LogP contribution in [0.1, 0.15) is 0 Å². The third-order valence-electron chi connectivity index (χ3n) is 5.39. The topological polar surface area (TPSA) is 25.8 Å². The summed E-state index contributed by atoms with van der Waals surface area (Å²) < 4.78 is 0. The Morgan fingerprint density at radius 3 is 1.11 bits per heavy atom. The number of hydrogen-bond acceptors (Lipinski definition) is 2. The third-order valence-corrected chi connectivity index (χ3v) is 7.83. The van der Waals surface area contributed by atoms with E-state index in [9.17, 15) is 0 Å². The van der Waals surface area contributed by atoms with Crippen LogP contribution in [0.2, 0.25) is 0 Å². The molecule has 4 aromatic carbocycles. The van der Waals surface area contributed by atoms with Gasteiger partial charge in [-0.25, -0.2) is 0 Å². The SMILES string of the molecule is [Br][Cu][Br].c1ccc(P(c2ccccc2)c2ccccc2)cc1.c1cnc2c(c1)ccc1cccnc12. The van der Waals surface area contributed by atoms with Gasteiger partial charge in [0.15, 0.2) is 0 Å². The van der Waals surface area contributed by atoms with E-state index in [0.29, 0.717) is 0 Å². The summed E-state index contributed by atoms with van der Waals surface area (Å²) in [5.41, 5.74) is 1.95. The summed E-state index contributed by atoms with van der Waals surface area (Å²) in [4.78, 5) is 8.69. The molecule has 0 bridgehead atoms. The van der Waals surface area contributed by atoms with Gasteiger partial charge in [-0.05, 0) is 36.0 Å². The molecule has 2 aromatic heterocycles. The van der Waals surface area contributed by atoms with E-state index in [1.54, 1.807) is 12.4 Å². The minimum Gasteiger partial charge on any atom is -0.254 e. The summed E-state index contributed by atoms with van der Waals surface area (Å²) in [6.07, 6.45) is 3.60. The maximum Gasteiger partial charge on any atom is 0.0964 e. The van der Waals surface area contributed by atoms with Gasteiger partial charge in [-0.3, -0.25) is 9.97 Å². The molecule has 2 nitrogen and oxygen atoms in total. The van der Waals surface area contributed by atoms with Crippen LogP contribution < -0.4 is 15.9 Å². The summed E-state index contributed by atoms with van der Waals surface area (Å²) in [7, 11) is -0.446. The Hall–Kier alpha value is -2.39. The smallest absolute Gasteiger partial charge is 0.0964 e. The number of rotatable bonds is 3. The average Bonchev–Trinajstić information content (AvgIpc) is 2.96. The van der Waals surface area contributed by atoms with Crippen molar-refractivity contribution in [3.63, 3.8) is 0 Å². The molecule has 0 atom stereocenters. The van der Waals surface area contributed by atoms with Crippen LogP contribution in [0.4, 0.5) is 0 Å². The molecule has 183 valence electrons. The maximum atomic E-state index is 4.35. The summed E-state index contributed by atoms with van der Waals surface area (Å²) in [5, 5.41) is 6.47. The van der Waals surface area contributed by atoms with Crippen molar-refractivity contribution in [1.29, 1.82) is 0 Å². The number of pyridine rings is 2. The molecule has 2 heterocycles. The molecule has 0 radical (unpaired) electrons. The second kappa shape index (κ2) is 14.4. The van der Waals surface area contributed by atoms with E-state index < -0.39 is 7.92 Å². The molecule has 0 unspecified atom stereocenters. The molecule has 6 rings (SSSR count). The van der Waals surface area contributed by atoms with Crippen LogP contribution in [0.15, 0.2) is 140 Å². The Morgan fingerprint density at radius 1 is 0.444 bits per heavy atom. The first-order valence-corrected chi connectivity index (χ1v) is 17.2. The van der Waals surface area contributed by atoms with Gasteiger partial charge < -0.3 is 0 Å². The predicted molar refractivity (Wildman–Crippen MR) is 160 cm³/mol. The Balaban J connectivity index is 0.000000158. The van der Waals surface area contributed by atoms with Crippen LogP contribution in [0, 0.1) is 0 Å². The monoisotopic (exact) mass is 663 g/mol. The molecular formula is C30H23Br2CuN2P. The van der Waals surface area contributed by atoms with Gasteiger partial charge >= 0.3 is 39.6 Å². The van der Waals surface area contributed by atoms with Crippen molar-refractivity contribution in [2.45, 2.75) is 0 Å². The first kappa shape index (κ1) is 26.7. The minimum atomic E-state index is -0.446. The zero-order chi connectivity index (χ0) is 25.0. The largest absolute Gasteiger partial charge is 0.254 e. The first-order valence-electron chi connectivity index (χ1n) is 11.2. The summed E-state index contributed by atoms with van der Waals surface area (Å²) >= 11 is 7.38. The molecule has 0 amide bonds. The van der Waals surface area contributed by atoms with E-state index in [1.807, 2.05) is 12.1 Å². The van der Waals surface area contributed by atoms with Crippen LogP contribution in [-0.4, -0.2) is 9.97 Å². The molecule has 36 heavy (non-hydrogen) atoms. The Kier molecular flexibility index (Phi) is 10.6. The molecule has 0 aliphatic heterocycles. The van der Waals surface area contributed by atoms with Crippen molar-refractivity contribution in [3.8, 4) is 0 Å². The van der Waals surface area contributed by atoms with Crippen molar-refractivity contribution >= 4 is 73.9 Å². The van der Waals surface area contributed by atoms with Crippen LogP contribution in [0.25, 0.3) is 21.8 Å². The van der Waals surface area contributed by atoms with Crippen molar-refractivity contribution < 1.29 is 11.3 Å². The van der Waals surface area contributed by atoms with E-state index in [2.05, 4.69) is 153 Å². The molecule has 0 saturated heterocycles. The van der Waals surface area contributed by atoms with Crippen LogP contribution in [-0.2, 0) is 11.3 Å². The quantitative estimate of drug-likeness (QED) is 0.109. The molecule has 6 aromatic rings. The van der Waals surface area contributed by atoms with Crippen LogP contribution in [0.3, 0.4) is 0 Å². The fourth-order valence-electron chi connectivity index (χ4n) is 3.86. The van der Waals surface area contributed by atoms with Gasteiger partial charge in [0.1, 0.15) is 0 Å². The summed E-state index contributed by atoms with van der Waals surface area (Å²) in [5.74, 6) is 0. The molecule has 0 fully saturated rings. The van der Waals surface area contributed by atoms with Crippen molar-refractivity contribution in [2.75, 3.05) is 0 Å². The van der Waals surface area contributed by atoms with Gasteiger partial charge in [-0.15, -0.1) is 0 Å². The molecule has 0 aliphatic rings. The Labute approximate surface area is 233 Å². The standard InChI is InChI=1S/C18H15P.C12H8N2.2BrH.Cu/c1-4-10-16(11-5-1)19(17-12-6-2-7-13-17)18-14-8-3-9-15-18;1-3-9-5-6-10-4-2-8-14-12(10)11(9)13-7-1;;;/h1-15H;1-8H;2*1H;/q;;;;+2/p-2. The molecular weight excluding hydrogens is 643 g/mol. The van der Waals surface area contributed by atoms with E-state index in [-0.39, 0.29) is 0 Å². The van der Waals surface area contributed by atoms with Gasteiger partial charge in [0, 0.05) is 23.2 Å². The number of benzene rings is 4. The van der Waals surface area contributed by atoms with Gasteiger partial charge in [0.05, 0.1) is 11.0 Å². The summed E-state index contributed by atoms with van der Waals surface area (Å²) in [6, 6.07) is 44.5. The van der Waals surface area contributed by atoms with Gasteiger partial charge in [0.2, 0.25) is 0 Å². The van der Waals surface area contributed by atoms with E-state index >= 15 is 0 Å². The minimum absolute atomic E-state index is 0.446. The first-order chi connectivity index (χ1) is 17.8. The molecule has 0 N–H and O–H groups in total. The maximum absolute atomic E-state index is 4.35. The van der Waals surface area contributed by atoms with Crippen LogP contribution >= 0.6 is 36.1 Å². The van der Waals surface area contributed by atoms with E-state index in [1.165, 1.54) is 27.3 Å². The number of fused-ring (bicyclic) bond motifs is 3. The predicted octanol–water partition coefficient (Wildman–Crippen LogP) is 7.92. The molecule has 6 heteroatoms. The van der Waals surface area contributed by atoms with Crippen molar-refractivity contribution in [2.24, 2.45) is 0 Å². The number of hydrogen-bond donors (Lipinski definition) is 0. The second-order valence-corrected chi connectivity index (χ2v) is 14.6. The zero-order valence-electron chi connectivity index (χ0n) is 19.2. The fourth-order valence-corrected chi connectivity index (χ4v) is 6.16. The number of aromatic nitrogens is 2. The number of nitrogens with zero attached hydrogens (tertiary/aromatic N) is 2. The van der Waals surface area contributed by atoms with Gasteiger partial charge in [-0.2, -0.15) is 0 Å². The van der Waals surface area contributed by atoms with E-state index in [4.69, 9.17) is 0 Å². The van der Waals surface area contributed by atoms with Gasteiger partial charge in [-0.1, -0.05) is 115 Å². The van der Waals surface area contributed by atoms with Crippen molar-refractivity contribution in [3.05, 3.63) is 140 Å². The second-order valence-electron chi connectivity index (χ2n) is 7.60. The van der Waals surface area contributed by atoms with Crippen LogP contribution in [0.5, 0.6) is 0 Å². The number of halogens is 2. The van der Waals surface area contributed by atoms with E-state index in [0.717, 1.165) is 21.8 Å². The molecule has 0 spiro atoms. The average molecular weight is 666 g/mol. The molecule has 0 aliphatic carbocycles.